The average molecular weight is 292 g/mol. The van der Waals surface area contributed by atoms with E-state index in [9.17, 15) is 4.57 Å². The average Bonchev–Trinajstić information content (AvgIpc) is 2.45. The molecule has 0 aliphatic heterocycles. The van der Waals surface area contributed by atoms with Crippen LogP contribution in [0, 0.1) is 12.1 Å². The molecule has 102 valence electrons. The normalized spacial score (nSPS) is 12.1. The van der Waals surface area contributed by atoms with Crippen molar-refractivity contribution in [2.75, 3.05) is 13.3 Å². The molecular formula is C18H13O2P. The summed E-state index contributed by atoms with van der Waals surface area (Å²) in [5.74, 6) is 0.522. The Kier molecular flexibility index (Phi) is 2.46. The molecule has 0 atom stereocenters. The van der Waals surface area contributed by atoms with Crippen LogP contribution in [0.4, 0.5) is 0 Å². The van der Waals surface area contributed by atoms with Gasteiger partial charge in [0.1, 0.15) is 0 Å². The molecule has 0 amide bonds. The second-order valence-electron chi connectivity index (χ2n) is 5.60. The third-order valence-electron chi connectivity index (χ3n) is 3.64. The Hall–Kier alpha value is -2.23. The summed E-state index contributed by atoms with van der Waals surface area (Å²) in [7, 11) is -2.63. The highest BCUT2D eigenvalue weighted by molar-refractivity contribution is 7.57. The predicted molar refractivity (Wildman–Crippen MR) is 87.9 cm³/mol. The van der Waals surface area contributed by atoms with Gasteiger partial charge in [-0.2, -0.15) is 0 Å². The molecule has 4 rings (SSSR count). The Labute approximate surface area is 123 Å². The van der Waals surface area contributed by atoms with E-state index in [0.29, 0.717) is 5.75 Å². The molecule has 0 aromatic heterocycles. The van der Waals surface area contributed by atoms with Crippen LogP contribution in [-0.4, -0.2) is 13.3 Å². The van der Waals surface area contributed by atoms with E-state index in [-0.39, 0.29) is 0 Å². The van der Waals surface area contributed by atoms with Gasteiger partial charge in [0.25, 0.3) is 0 Å². The minimum Gasteiger partial charge on any atom is -0.434 e. The van der Waals surface area contributed by atoms with E-state index in [1.54, 1.807) is 13.3 Å². The van der Waals surface area contributed by atoms with Crippen LogP contribution in [0.5, 0.6) is 5.75 Å². The zero-order chi connectivity index (χ0) is 14.6. The van der Waals surface area contributed by atoms with Crippen molar-refractivity contribution in [1.29, 1.82) is 0 Å². The summed E-state index contributed by atoms with van der Waals surface area (Å²) in [5.41, 5.74) is 0. The molecule has 0 fully saturated rings. The van der Waals surface area contributed by atoms with Gasteiger partial charge in [0.2, 0.25) is 7.37 Å². The van der Waals surface area contributed by atoms with Crippen LogP contribution in [0.3, 0.4) is 0 Å². The van der Waals surface area contributed by atoms with Gasteiger partial charge in [-0.25, -0.2) is 0 Å². The van der Waals surface area contributed by atoms with Gasteiger partial charge in [-0.15, -0.1) is 0 Å². The molecule has 0 N–H and O–H groups in total. The van der Waals surface area contributed by atoms with Crippen LogP contribution in [0.2, 0.25) is 0 Å². The topological polar surface area (TPSA) is 26.3 Å². The number of hydrogen-bond donors (Lipinski definition) is 0. The SMILES string of the molecule is CP(C)(=O)Oc1c#cc2ccc3cccc4ccc1c2c34. The Bertz CT molecular complexity index is 998. The van der Waals surface area contributed by atoms with Gasteiger partial charge in [-0.3, -0.25) is 4.57 Å². The lowest BCUT2D eigenvalue weighted by Gasteiger charge is -2.13. The summed E-state index contributed by atoms with van der Waals surface area (Å²) in [5, 5.41) is 6.62. The number of rotatable bonds is 2. The van der Waals surface area contributed by atoms with Crippen LogP contribution in [-0.2, 0) is 4.57 Å². The second-order valence-corrected chi connectivity index (χ2v) is 8.29. The van der Waals surface area contributed by atoms with E-state index < -0.39 is 7.37 Å². The van der Waals surface area contributed by atoms with Crippen molar-refractivity contribution in [3.8, 4) is 5.75 Å². The maximum absolute atomic E-state index is 12.0. The van der Waals surface area contributed by atoms with E-state index in [1.165, 1.54) is 16.2 Å². The molecule has 0 heterocycles. The molecule has 0 saturated heterocycles. The van der Waals surface area contributed by atoms with Gasteiger partial charge < -0.3 is 4.52 Å². The zero-order valence-electron chi connectivity index (χ0n) is 11.8. The second kappa shape index (κ2) is 4.13. The molecule has 0 saturated carbocycles. The minimum absolute atomic E-state index is 0.522. The van der Waals surface area contributed by atoms with E-state index >= 15 is 0 Å². The first-order valence-electron chi connectivity index (χ1n) is 6.78. The molecule has 0 aliphatic rings. The van der Waals surface area contributed by atoms with Gasteiger partial charge in [0.05, 0.1) is 0 Å². The highest BCUT2D eigenvalue weighted by Crippen LogP contribution is 2.43. The third kappa shape index (κ3) is 1.94. The van der Waals surface area contributed by atoms with Crippen LogP contribution in [0.1, 0.15) is 0 Å². The van der Waals surface area contributed by atoms with Gasteiger partial charge in [0, 0.05) is 29.5 Å². The van der Waals surface area contributed by atoms with Crippen molar-refractivity contribution < 1.29 is 9.09 Å². The first-order valence-corrected chi connectivity index (χ1v) is 9.30. The molecule has 0 unspecified atom stereocenters. The fraction of sp³-hybridized carbons (Fsp3) is 0.111. The minimum atomic E-state index is -2.63. The Morgan fingerprint density at radius 3 is 2.33 bits per heavy atom. The molecule has 21 heavy (non-hydrogen) atoms. The van der Waals surface area contributed by atoms with Crippen LogP contribution >= 0.6 is 7.37 Å². The molecule has 0 aliphatic carbocycles. The van der Waals surface area contributed by atoms with E-state index in [1.807, 2.05) is 12.1 Å². The quantitative estimate of drug-likeness (QED) is 0.480. The van der Waals surface area contributed by atoms with Gasteiger partial charge in [-0.05, 0) is 34.4 Å². The van der Waals surface area contributed by atoms with Crippen molar-refractivity contribution in [1.82, 2.24) is 0 Å². The van der Waals surface area contributed by atoms with E-state index in [0.717, 1.165) is 16.2 Å². The summed E-state index contributed by atoms with van der Waals surface area (Å²) in [6.07, 6.45) is 0. The monoisotopic (exact) mass is 292 g/mol. The predicted octanol–water partition coefficient (Wildman–Crippen LogP) is 5.10. The lowest BCUT2D eigenvalue weighted by atomic mass is 9.95. The van der Waals surface area contributed by atoms with Gasteiger partial charge in [0.15, 0.2) is 5.75 Å². The Morgan fingerprint density at radius 2 is 1.62 bits per heavy atom. The van der Waals surface area contributed by atoms with Crippen LogP contribution < -0.4 is 4.52 Å². The Morgan fingerprint density at radius 1 is 0.905 bits per heavy atom. The van der Waals surface area contributed by atoms with E-state index in [2.05, 4.69) is 42.5 Å². The van der Waals surface area contributed by atoms with Gasteiger partial charge in [-0.1, -0.05) is 36.4 Å². The first-order chi connectivity index (χ1) is 10.0. The highest BCUT2D eigenvalue weighted by atomic mass is 31.2. The molecule has 2 nitrogen and oxygen atoms in total. The largest absolute Gasteiger partial charge is 0.434 e. The maximum Gasteiger partial charge on any atom is 0.242 e. The molecule has 0 radical (unpaired) electrons. The highest BCUT2D eigenvalue weighted by Gasteiger charge is 2.15. The molecule has 4 aromatic rings. The number of benzene rings is 3. The van der Waals surface area contributed by atoms with Crippen molar-refractivity contribution in [2.24, 2.45) is 0 Å². The first kappa shape index (κ1) is 12.5. The smallest absolute Gasteiger partial charge is 0.242 e. The lowest BCUT2D eigenvalue weighted by molar-refractivity contribution is 0.497. The molecule has 0 spiro atoms. The van der Waals surface area contributed by atoms with Crippen molar-refractivity contribution in [3.63, 3.8) is 0 Å². The van der Waals surface area contributed by atoms with E-state index in [4.69, 9.17) is 4.52 Å². The summed E-state index contributed by atoms with van der Waals surface area (Å²) >= 11 is 0. The fourth-order valence-electron chi connectivity index (χ4n) is 2.86. The molecule has 3 heteroatoms. The zero-order valence-corrected chi connectivity index (χ0v) is 12.7. The maximum atomic E-state index is 12.0. The lowest BCUT2D eigenvalue weighted by Crippen LogP contribution is -1.90. The fourth-order valence-corrected chi connectivity index (χ4v) is 3.44. The molecular weight excluding hydrogens is 279 g/mol. The van der Waals surface area contributed by atoms with Crippen LogP contribution in [0.15, 0.2) is 42.5 Å². The Balaban J connectivity index is 2.18. The summed E-state index contributed by atoms with van der Waals surface area (Å²) in [6.45, 7) is 3.22. The standard InChI is InChI=1S/C18H13O2P/c1-21(2,19)20-16-11-9-14-7-6-12-4-3-5-13-8-10-15(16)18(14)17(12)13/h3-8,10H,1-2H3. The van der Waals surface area contributed by atoms with Gasteiger partial charge >= 0.3 is 0 Å². The molecule has 4 aromatic carbocycles. The third-order valence-corrected chi connectivity index (χ3v) is 4.27. The molecule has 0 bridgehead atoms. The number of hydrogen-bond acceptors (Lipinski definition) is 2. The summed E-state index contributed by atoms with van der Waals surface area (Å²) < 4.78 is 17.6. The van der Waals surface area contributed by atoms with Crippen molar-refractivity contribution in [3.05, 3.63) is 54.6 Å². The van der Waals surface area contributed by atoms with Crippen LogP contribution in [0.25, 0.3) is 32.3 Å². The van der Waals surface area contributed by atoms with Crippen molar-refractivity contribution in [2.45, 2.75) is 0 Å². The van der Waals surface area contributed by atoms with Crippen molar-refractivity contribution >= 4 is 39.7 Å². The summed E-state index contributed by atoms with van der Waals surface area (Å²) in [6, 6.07) is 20.6. The summed E-state index contributed by atoms with van der Waals surface area (Å²) in [4.78, 5) is 0.